The van der Waals surface area contributed by atoms with Gasteiger partial charge in [0, 0.05) is 37.7 Å². The molecule has 2 saturated heterocycles. The highest BCUT2D eigenvalue weighted by atomic mass is 19.1. The van der Waals surface area contributed by atoms with Crippen molar-refractivity contribution in [1.82, 2.24) is 9.80 Å². The quantitative estimate of drug-likeness (QED) is 0.848. The molecule has 1 aromatic carbocycles. The highest BCUT2D eigenvalue weighted by Gasteiger charge is 2.33. The van der Waals surface area contributed by atoms with Crippen molar-refractivity contribution < 1.29 is 18.4 Å². The molecule has 2 aliphatic heterocycles. The van der Waals surface area contributed by atoms with Gasteiger partial charge in [-0.2, -0.15) is 0 Å². The molecule has 2 amide bonds. The van der Waals surface area contributed by atoms with E-state index < -0.39 is 0 Å². The zero-order valence-corrected chi connectivity index (χ0v) is 14.5. The molecule has 4 rings (SSSR count). The maximum absolute atomic E-state index is 13.1. The largest absolute Gasteiger partial charge is 0.459 e. The Kier molecular flexibility index (Phi) is 4.49. The Hall–Kier alpha value is -2.63. The van der Waals surface area contributed by atoms with Crippen molar-refractivity contribution >= 4 is 11.8 Å². The van der Waals surface area contributed by atoms with E-state index in [1.165, 1.54) is 18.4 Å². The molecule has 0 unspecified atom stereocenters. The Morgan fingerprint density at radius 2 is 1.81 bits per heavy atom. The summed E-state index contributed by atoms with van der Waals surface area (Å²) in [6.45, 7) is 2.05. The molecule has 0 bridgehead atoms. The minimum absolute atomic E-state index is 0.152. The van der Waals surface area contributed by atoms with E-state index in [1.54, 1.807) is 23.1 Å². The second-order valence-corrected chi connectivity index (χ2v) is 6.88. The van der Waals surface area contributed by atoms with Crippen LogP contribution >= 0.6 is 0 Å². The molecule has 2 fully saturated rings. The molecule has 0 atom stereocenters. The maximum atomic E-state index is 13.1. The zero-order chi connectivity index (χ0) is 18.1. The average Bonchev–Trinajstić information content (AvgIpc) is 3.31. The SMILES string of the molecule is O=C(c1occc1-c1ccc(F)cc1)N1CCC(N2CCCC2=O)CC1. The number of rotatable bonds is 3. The fourth-order valence-electron chi connectivity index (χ4n) is 3.91. The standard InChI is InChI=1S/C20H21FN2O3/c21-15-5-3-14(4-6-15)17-9-13-26-19(17)20(25)22-11-7-16(8-12-22)23-10-1-2-18(23)24/h3-6,9,13,16H,1-2,7-8,10-12H2. The van der Waals surface area contributed by atoms with Gasteiger partial charge in [-0.3, -0.25) is 9.59 Å². The van der Waals surface area contributed by atoms with Gasteiger partial charge in [-0.05, 0) is 43.0 Å². The van der Waals surface area contributed by atoms with E-state index in [1.807, 2.05) is 4.90 Å². The Labute approximate surface area is 151 Å². The fraction of sp³-hybridized carbons (Fsp3) is 0.400. The Morgan fingerprint density at radius 3 is 2.46 bits per heavy atom. The summed E-state index contributed by atoms with van der Waals surface area (Å²) in [6.07, 6.45) is 4.66. The van der Waals surface area contributed by atoms with Gasteiger partial charge in [-0.25, -0.2) is 4.39 Å². The molecule has 0 radical (unpaired) electrons. The fourth-order valence-corrected chi connectivity index (χ4v) is 3.91. The first-order valence-electron chi connectivity index (χ1n) is 9.05. The smallest absolute Gasteiger partial charge is 0.290 e. The van der Waals surface area contributed by atoms with E-state index in [0.717, 1.165) is 31.4 Å². The average molecular weight is 356 g/mol. The van der Waals surface area contributed by atoms with Crippen molar-refractivity contribution in [2.45, 2.75) is 31.7 Å². The van der Waals surface area contributed by atoms with Crippen LogP contribution in [0.15, 0.2) is 41.0 Å². The van der Waals surface area contributed by atoms with Crippen molar-refractivity contribution in [3.05, 3.63) is 48.2 Å². The van der Waals surface area contributed by atoms with E-state index in [0.29, 0.717) is 25.1 Å². The van der Waals surface area contributed by atoms with Gasteiger partial charge in [-0.15, -0.1) is 0 Å². The molecule has 0 aliphatic carbocycles. The van der Waals surface area contributed by atoms with E-state index in [-0.39, 0.29) is 29.4 Å². The van der Waals surface area contributed by atoms with Crippen molar-refractivity contribution in [1.29, 1.82) is 0 Å². The van der Waals surface area contributed by atoms with Crippen LogP contribution in [0.2, 0.25) is 0 Å². The summed E-state index contributed by atoms with van der Waals surface area (Å²) in [5, 5.41) is 0. The van der Waals surface area contributed by atoms with Gasteiger partial charge in [0.1, 0.15) is 5.82 Å². The number of amides is 2. The van der Waals surface area contributed by atoms with Crippen LogP contribution in [-0.4, -0.2) is 47.3 Å². The summed E-state index contributed by atoms with van der Waals surface area (Å²) < 4.78 is 18.6. The topological polar surface area (TPSA) is 53.8 Å². The Morgan fingerprint density at radius 1 is 1.08 bits per heavy atom. The lowest BCUT2D eigenvalue weighted by molar-refractivity contribution is -0.130. The third kappa shape index (κ3) is 3.11. The molecule has 5 nitrogen and oxygen atoms in total. The lowest BCUT2D eigenvalue weighted by Crippen LogP contribution is -2.47. The number of piperidine rings is 1. The molecule has 2 aromatic rings. The van der Waals surface area contributed by atoms with Gasteiger partial charge < -0.3 is 14.2 Å². The zero-order valence-electron chi connectivity index (χ0n) is 14.5. The summed E-state index contributed by atoms with van der Waals surface area (Å²) in [5.74, 6) is 0.0518. The second kappa shape index (κ2) is 6.94. The van der Waals surface area contributed by atoms with E-state index in [9.17, 15) is 14.0 Å². The van der Waals surface area contributed by atoms with E-state index in [4.69, 9.17) is 4.42 Å². The van der Waals surface area contributed by atoms with Crippen LogP contribution in [0.5, 0.6) is 0 Å². The Balaban J connectivity index is 1.45. The van der Waals surface area contributed by atoms with Crippen molar-refractivity contribution in [3.8, 4) is 11.1 Å². The first-order valence-corrected chi connectivity index (χ1v) is 9.05. The number of carbonyl (C=O) groups is 2. The third-order valence-electron chi connectivity index (χ3n) is 5.32. The highest BCUT2D eigenvalue weighted by molar-refractivity contribution is 5.98. The normalized spacial score (nSPS) is 18.6. The molecular weight excluding hydrogens is 335 g/mol. The molecule has 6 heteroatoms. The molecule has 136 valence electrons. The molecule has 0 N–H and O–H groups in total. The maximum Gasteiger partial charge on any atom is 0.290 e. The van der Waals surface area contributed by atoms with Crippen LogP contribution in [-0.2, 0) is 4.79 Å². The van der Waals surface area contributed by atoms with E-state index >= 15 is 0 Å². The molecule has 0 spiro atoms. The van der Waals surface area contributed by atoms with Crippen molar-refractivity contribution in [2.75, 3.05) is 19.6 Å². The molecule has 26 heavy (non-hydrogen) atoms. The van der Waals surface area contributed by atoms with Gasteiger partial charge in [-0.1, -0.05) is 12.1 Å². The first kappa shape index (κ1) is 16.8. The van der Waals surface area contributed by atoms with Crippen LogP contribution in [0.3, 0.4) is 0 Å². The lowest BCUT2D eigenvalue weighted by atomic mass is 10.0. The first-order chi connectivity index (χ1) is 12.6. The van der Waals surface area contributed by atoms with Crippen molar-refractivity contribution in [3.63, 3.8) is 0 Å². The van der Waals surface area contributed by atoms with Gasteiger partial charge >= 0.3 is 0 Å². The van der Waals surface area contributed by atoms with Crippen LogP contribution < -0.4 is 0 Å². The monoisotopic (exact) mass is 356 g/mol. The summed E-state index contributed by atoms with van der Waals surface area (Å²) in [4.78, 5) is 28.5. The molecule has 2 aliphatic rings. The van der Waals surface area contributed by atoms with Crippen molar-refractivity contribution in [2.24, 2.45) is 0 Å². The number of halogens is 1. The third-order valence-corrected chi connectivity index (χ3v) is 5.32. The lowest BCUT2D eigenvalue weighted by Gasteiger charge is -2.36. The van der Waals surface area contributed by atoms with Crippen LogP contribution in [0.25, 0.3) is 11.1 Å². The predicted octanol–water partition coefficient (Wildman–Crippen LogP) is 3.31. The number of nitrogens with zero attached hydrogens (tertiary/aromatic N) is 2. The van der Waals surface area contributed by atoms with Gasteiger partial charge in [0.25, 0.3) is 5.91 Å². The van der Waals surface area contributed by atoms with Gasteiger partial charge in [0.05, 0.1) is 6.26 Å². The van der Waals surface area contributed by atoms with Gasteiger partial charge in [0.15, 0.2) is 5.76 Å². The minimum atomic E-state index is -0.316. The molecule has 3 heterocycles. The number of benzene rings is 1. The van der Waals surface area contributed by atoms with Crippen LogP contribution in [0.4, 0.5) is 4.39 Å². The van der Waals surface area contributed by atoms with Crippen LogP contribution in [0, 0.1) is 5.82 Å². The number of furan rings is 1. The number of carbonyl (C=O) groups excluding carboxylic acids is 2. The number of likely N-dealkylation sites (tertiary alicyclic amines) is 2. The predicted molar refractivity (Wildman–Crippen MR) is 94.0 cm³/mol. The summed E-state index contributed by atoms with van der Waals surface area (Å²) in [6, 6.07) is 7.99. The molecule has 1 aromatic heterocycles. The Bertz CT molecular complexity index is 807. The molecular formula is C20H21FN2O3. The van der Waals surface area contributed by atoms with Crippen LogP contribution in [0.1, 0.15) is 36.2 Å². The second-order valence-electron chi connectivity index (χ2n) is 6.88. The summed E-state index contributed by atoms with van der Waals surface area (Å²) in [5.41, 5.74) is 1.42. The number of hydrogen-bond donors (Lipinski definition) is 0. The highest BCUT2D eigenvalue weighted by Crippen LogP contribution is 2.28. The van der Waals surface area contributed by atoms with E-state index in [2.05, 4.69) is 0 Å². The summed E-state index contributed by atoms with van der Waals surface area (Å²) >= 11 is 0. The van der Waals surface area contributed by atoms with Gasteiger partial charge in [0.2, 0.25) is 5.91 Å². The molecule has 0 saturated carbocycles. The summed E-state index contributed by atoms with van der Waals surface area (Å²) in [7, 11) is 0. The minimum Gasteiger partial charge on any atom is -0.459 e. The number of hydrogen-bond acceptors (Lipinski definition) is 3.